The molecule has 2 N–H and O–H groups in total. The molecule has 92 valence electrons. The molecule has 2 rings (SSSR count). The van der Waals surface area contributed by atoms with Gasteiger partial charge >= 0.3 is 0 Å². The minimum absolute atomic E-state index is 0.113. The van der Waals surface area contributed by atoms with Crippen LogP contribution >= 0.6 is 0 Å². The molecule has 1 aliphatic carbocycles. The van der Waals surface area contributed by atoms with Crippen molar-refractivity contribution in [3.8, 4) is 0 Å². The molecule has 1 aliphatic heterocycles. The zero-order valence-corrected chi connectivity index (χ0v) is 9.84. The molecule has 1 saturated heterocycles. The number of rotatable bonds is 4. The van der Waals surface area contributed by atoms with Crippen molar-refractivity contribution in [2.24, 2.45) is 0 Å². The summed E-state index contributed by atoms with van der Waals surface area (Å²) in [5, 5.41) is 6.33. The van der Waals surface area contributed by atoms with Crippen LogP contribution in [-0.4, -0.2) is 37.7 Å². The number of ether oxygens (including phenoxy) is 1. The Hall–Kier alpha value is -0.610. The standard InChI is InChI=1S/C12H22N2O2/c15-12(8-13-10-4-1-2-5-10)14-11-6-3-7-16-9-11/h10-11,13H,1-9H2,(H,14,15). The van der Waals surface area contributed by atoms with Crippen molar-refractivity contribution in [3.63, 3.8) is 0 Å². The van der Waals surface area contributed by atoms with Gasteiger partial charge in [-0.05, 0) is 25.7 Å². The van der Waals surface area contributed by atoms with Gasteiger partial charge in [0, 0.05) is 12.6 Å². The van der Waals surface area contributed by atoms with Crippen molar-refractivity contribution in [2.75, 3.05) is 19.8 Å². The van der Waals surface area contributed by atoms with E-state index in [1.165, 1.54) is 25.7 Å². The maximum absolute atomic E-state index is 11.6. The first kappa shape index (κ1) is 11.9. The van der Waals surface area contributed by atoms with E-state index in [1.807, 2.05) is 0 Å². The van der Waals surface area contributed by atoms with E-state index >= 15 is 0 Å². The Labute approximate surface area is 97.1 Å². The van der Waals surface area contributed by atoms with Gasteiger partial charge in [-0.15, -0.1) is 0 Å². The number of hydrogen-bond acceptors (Lipinski definition) is 3. The summed E-state index contributed by atoms with van der Waals surface area (Å²) in [6, 6.07) is 0.792. The van der Waals surface area contributed by atoms with Crippen molar-refractivity contribution in [3.05, 3.63) is 0 Å². The zero-order valence-electron chi connectivity index (χ0n) is 9.84. The number of carbonyl (C=O) groups excluding carboxylic acids is 1. The van der Waals surface area contributed by atoms with E-state index in [0.717, 1.165) is 19.4 Å². The van der Waals surface area contributed by atoms with Gasteiger partial charge in [0.1, 0.15) is 0 Å². The van der Waals surface area contributed by atoms with E-state index in [1.54, 1.807) is 0 Å². The fourth-order valence-corrected chi connectivity index (χ4v) is 2.50. The Bertz CT molecular complexity index is 221. The normalized spacial score (nSPS) is 26.9. The lowest BCUT2D eigenvalue weighted by atomic mass is 10.1. The Morgan fingerprint density at radius 2 is 1.88 bits per heavy atom. The highest BCUT2D eigenvalue weighted by Crippen LogP contribution is 2.17. The van der Waals surface area contributed by atoms with Gasteiger partial charge in [-0.2, -0.15) is 0 Å². The van der Waals surface area contributed by atoms with Crippen LogP contribution in [0.4, 0.5) is 0 Å². The molecule has 4 nitrogen and oxygen atoms in total. The van der Waals surface area contributed by atoms with Crippen molar-refractivity contribution in [1.29, 1.82) is 0 Å². The number of carbonyl (C=O) groups is 1. The van der Waals surface area contributed by atoms with Crippen molar-refractivity contribution < 1.29 is 9.53 Å². The molecular formula is C12H22N2O2. The molecule has 0 aromatic heterocycles. The summed E-state index contributed by atoms with van der Waals surface area (Å²) in [4.78, 5) is 11.6. The van der Waals surface area contributed by atoms with Gasteiger partial charge < -0.3 is 15.4 Å². The van der Waals surface area contributed by atoms with E-state index in [4.69, 9.17) is 4.74 Å². The Kier molecular flexibility index (Phi) is 4.60. The van der Waals surface area contributed by atoms with Gasteiger partial charge in [0.25, 0.3) is 0 Å². The second kappa shape index (κ2) is 6.21. The predicted molar refractivity (Wildman–Crippen MR) is 62.2 cm³/mol. The molecule has 1 amide bonds. The third-order valence-corrected chi connectivity index (χ3v) is 3.43. The van der Waals surface area contributed by atoms with Crippen LogP contribution in [0.3, 0.4) is 0 Å². The molecule has 4 heteroatoms. The van der Waals surface area contributed by atoms with Gasteiger partial charge in [0.15, 0.2) is 0 Å². The summed E-state index contributed by atoms with van der Waals surface area (Å²) in [5.41, 5.74) is 0. The molecule has 2 aliphatic rings. The molecule has 1 unspecified atom stereocenters. The highest BCUT2D eigenvalue weighted by Gasteiger charge is 2.18. The molecular weight excluding hydrogens is 204 g/mol. The highest BCUT2D eigenvalue weighted by molar-refractivity contribution is 5.78. The smallest absolute Gasteiger partial charge is 0.234 e. The van der Waals surface area contributed by atoms with Gasteiger partial charge in [0.05, 0.1) is 19.2 Å². The van der Waals surface area contributed by atoms with Gasteiger partial charge in [-0.3, -0.25) is 4.79 Å². The Morgan fingerprint density at radius 1 is 1.12 bits per heavy atom. The lowest BCUT2D eigenvalue weighted by Crippen LogP contribution is -2.45. The largest absolute Gasteiger partial charge is 0.379 e. The molecule has 1 heterocycles. The van der Waals surface area contributed by atoms with E-state index in [0.29, 0.717) is 19.2 Å². The molecule has 16 heavy (non-hydrogen) atoms. The van der Waals surface area contributed by atoms with Crippen molar-refractivity contribution in [1.82, 2.24) is 10.6 Å². The van der Waals surface area contributed by atoms with Crippen molar-refractivity contribution in [2.45, 2.75) is 50.6 Å². The zero-order chi connectivity index (χ0) is 11.2. The second-order valence-corrected chi connectivity index (χ2v) is 4.84. The summed E-state index contributed by atoms with van der Waals surface area (Å²) in [7, 11) is 0. The molecule has 0 aromatic carbocycles. The van der Waals surface area contributed by atoms with Crippen LogP contribution in [0.2, 0.25) is 0 Å². The summed E-state index contributed by atoms with van der Waals surface area (Å²) < 4.78 is 5.33. The second-order valence-electron chi connectivity index (χ2n) is 4.84. The molecule has 1 atom stereocenters. The van der Waals surface area contributed by atoms with Crippen LogP contribution in [0.1, 0.15) is 38.5 Å². The minimum Gasteiger partial charge on any atom is -0.379 e. The maximum atomic E-state index is 11.6. The van der Waals surface area contributed by atoms with Crippen LogP contribution in [0.5, 0.6) is 0 Å². The molecule has 0 radical (unpaired) electrons. The SMILES string of the molecule is O=C(CNC1CCCC1)NC1CCCOC1. The van der Waals surface area contributed by atoms with Crippen LogP contribution in [0.15, 0.2) is 0 Å². The molecule has 1 saturated carbocycles. The third-order valence-electron chi connectivity index (χ3n) is 3.43. The van der Waals surface area contributed by atoms with E-state index < -0.39 is 0 Å². The number of amides is 1. The van der Waals surface area contributed by atoms with Gasteiger partial charge in [-0.25, -0.2) is 0 Å². The minimum atomic E-state index is 0.113. The monoisotopic (exact) mass is 226 g/mol. The first-order valence-electron chi connectivity index (χ1n) is 6.45. The fraction of sp³-hybridized carbons (Fsp3) is 0.917. The van der Waals surface area contributed by atoms with Crippen LogP contribution < -0.4 is 10.6 Å². The molecule has 0 aromatic rings. The van der Waals surface area contributed by atoms with E-state index in [2.05, 4.69) is 10.6 Å². The van der Waals surface area contributed by atoms with Crippen LogP contribution in [0, 0.1) is 0 Å². The number of nitrogens with one attached hydrogen (secondary N) is 2. The first-order chi connectivity index (χ1) is 7.84. The van der Waals surface area contributed by atoms with E-state index in [-0.39, 0.29) is 11.9 Å². The molecule has 0 bridgehead atoms. The van der Waals surface area contributed by atoms with Crippen LogP contribution in [0.25, 0.3) is 0 Å². The lowest BCUT2D eigenvalue weighted by Gasteiger charge is -2.23. The predicted octanol–water partition coefficient (Wildman–Crippen LogP) is 0.814. The van der Waals surface area contributed by atoms with Crippen molar-refractivity contribution >= 4 is 5.91 Å². The average molecular weight is 226 g/mol. The average Bonchev–Trinajstić information content (AvgIpc) is 2.81. The van der Waals surface area contributed by atoms with Gasteiger partial charge in [0.2, 0.25) is 5.91 Å². The highest BCUT2D eigenvalue weighted by atomic mass is 16.5. The maximum Gasteiger partial charge on any atom is 0.234 e. The Balaban J connectivity index is 1.59. The molecule has 2 fully saturated rings. The molecule has 0 spiro atoms. The fourth-order valence-electron chi connectivity index (χ4n) is 2.50. The Morgan fingerprint density at radius 3 is 2.56 bits per heavy atom. The van der Waals surface area contributed by atoms with Crippen LogP contribution in [-0.2, 0) is 9.53 Å². The number of hydrogen-bond donors (Lipinski definition) is 2. The quantitative estimate of drug-likeness (QED) is 0.746. The third kappa shape index (κ3) is 3.76. The first-order valence-corrected chi connectivity index (χ1v) is 6.45. The van der Waals surface area contributed by atoms with E-state index in [9.17, 15) is 4.79 Å². The van der Waals surface area contributed by atoms with Gasteiger partial charge in [-0.1, -0.05) is 12.8 Å². The summed E-state index contributed by atoms with van der Waals surface area (Å²) >= 11 is 0. The summed E-state index contributed by atoms with van der Waals surface area (Å²) in [6.45, 7) is 1.98. The topological polar surface area (TPSA) is 50.4 Å². The summed E-state index contributed by atoms with van der Waals surface area (Å²) in [5.74, 6) is 0.113. The summed E-state index contributed by atoms with van der Waals surface area (Å²) in [6.07, 6.45) is 7.15. The lowest BCUT2D eigenvalue weighted by molar-refractivity contribution is -0.122.